The first-order chi connectivity index (χ1) is 8.19. The van der Waals surface area contributed by atoms with Crippen LogP contribution in [0.4, 0.5) is 5.69 Å². The summed E-state index contributed by atoms with van der Waals surface area (Å²) in [4.78, 5) is 11.4. The fourth-order valence-electron chi connectivity index (χ4n) is 1.27. The van der Waals surface area contributed by atoms with Crippen LogP contribution in [0.3, 0.4) is 0 Å². The number of anilines is 1. The Morgan fingerprint density at radius 2 is 2.29 bits per heavy atom. The van der Waals surface area contributed by atoms with Crippen molar-refractivity contribution in [1.29, 1.82) is 0 Å². The van der Waals surface area contributed by atoms with Gasteiger partial charge in [0.1, 0.15) is 0 Å². The van der Waals surface area contributed by atoms with Gasteiger partial charge in [-0.1, -0.05) is 11.8 Å². The Balaban J connectivity index is 2.87. The second kappa shape index (κ2) is 6.56. The predicted octanol–water partition coefficient (Wildman–Crippen LogP) is 1.02. The van der Waals surface area contributed by atoms with E-state index >= 15 is 0 Å². The maximum absolute atomic E-state index is 11.4. The summed E-state index contributed by atoms with van der Waals surface area (Å²) < 4.78 is 4.64. The second-order valence-corrected chi connectivity index (χ2v) is 3.45. The van der Waals surface area contributed by atoms with Gasteiger partial charge in [0.15, 0.2) is 0 Å². The van der Waals surface area contributed by atoms with Gasteiger partial charge >= 0.3 is 5.97 Å². The molecule has 1 aromatic rings. The van der Waals surface area contributed by atoms with Crippen LogP contribution in [0, 0.1) is 11.8 Å². The van der Waals surface area contributed by atoms with Crippen molar-refractivity contribution in [2.75, 3.05) is 26.4 Å². The Morgan fingerprint density at radius 1 is 1.53 bits per heavy atom. The second-order valence-electron chi connectivity index (χ2n) is 3.45. The lowest BCUT2D eigenvalue weighted by Gasteiger charge is -2.03. The molecular formula is C13H16N2O2. The molecule has 1 aromatic carbocycles. The molecule has 17 heavy (non-hydrogen) atoms. The lowest BCUT2D eigenvalue weighted by molar-refractivity contribution is 0.0602. The molecular weight excluding hydrogens is 216 g/mol. The van der Waals surface area contributed by atoms with Gasteiger partial charge in [-0.15, -0.1) is 0 Å². The minimum Gasteiger partial charge on any atom is -0.465 e. The quantitative estimate of drug-likeness (QED) is 0.353. The minimum absolute atomic E-state index is 0.355. The van der Waals surface area contributed by atoms with Gasteiger partial charge in [0.25, 0.3) is 0 Å². The number of methoxy groups -OCH3 is 1. The van der Waals surface area contributed by atoms with E-state index in [-0.39, 0.29) is 0 Å². The Bertz CT molecular complexity index is 458. The van der Waals surface area contributed by atoms with Gasteiger partial charge in [0.05, 0.1) is 12.7 Å². The summed E-state index contributed by atoms with van der Waals surface area (Å²) in [6, 6.07) is 5.09. The van der Waals surface area contributed by atoms with Gasteiger partial charge in [-0.05, 0) is 25.2 Å². The van der Waals surface area contributed by atoms with Gasteiger partial charge in [0, 0.05) is 24.2 Å². The third-order valence-electron chi connectivity index (χ3n) is 2.19. The van der Waals surface area contributed by atoms with E-state index in [2.05, 4.69) is 21.9 Å². The smallest absolute Gasteiger partial charge is 0.339 e. The molecule has 0 saturated carbocycles. The van der Waals surface area contributed by atoms with Crippen LogP contribution in [0.5, 0.6) is 0 Å². The standard InChI is InChI=1S/C13H16N2O2/c1-15-8-4-3-5-10-6-7-12(14)11(9-10)13(16)17-2/h6-7,9,15H,4,8,14H2,1-2H3. The van der Waals surface area contributed by atoms with Crippen molar-refractivity contribution in [3.05, 3.63) is 29.3 Å². The fraction of sp³-hybridized carbons (Fsp3) is 0.308. The first kappa shape index (κ1) is 13.1. The molecule has 3 N–H and O–H groups in total. The van der Waals surface area contributed by atoms with Crippen molar-refractivity contribution in [3.8, 4) is 11.8 Å². The Morgan fingerprint density at radius 3 is 2.94 bits per heavy atom. The summed E-state index contributed by atoms with van der Waals surface area (Å²) >= 11 is 0. The largest absolute Gasteiger partial charge is 0.465 e. The van der Waals surface area contributed by atoms with Gasteiger partial charge in [0.2, 0.25) is 0 Å². The molecule has 1 rings (SSSR count). The zero-order valence-electron chi connectivity index (χ0n) is 10.0. The van der Waals surface area contributed by atoms with Crippen molar-refractivity contribution in [1.82, 2.24) is 5.32 Å². The summed E-state index contributed by atoms with van der Waals surface area (Å²) in [6.07, 6.45) is 0.758. The van der Waals surface area contributed by atoms with Crippen molar-refractivity contribution in [2.24, 2.45) is 0 Å². The molecule has 0 unspecified atom stereocenters. The van der Waals surface area contributed by atoms with E-state index in [1.165, 1.54) is 7.11 Å². The molecule has 0 heterocycles. The first-order valence-electron chi connectivity index (χ1n) is 5.30. The molecule has 0 aliphatic carbocycles. The number of nitrogen functional groups attached to an aromatic ring is 1. The summed E-state index contributed by atoms with van der Waals surface area (Å²) in [6.45, 7) is 0.839. The number of benzene rings is 1. The molecule has 0 spiro atoms. The van der Waals surface area contributed by atoms with Gasteiger partial charge in [-0.2, -0.15) is 0 Å². The van der Waals surface area contributed by atoms with E-state index < -0.39 is 5.97 Å². The summed E-state index contributed by atoms with van der Waals surface area (Å²) in [7, 11) is 3.20. The molecule has 0 saturated heterocycles. The number of hydrogen-bond donors (Lipinski definition) is 2. The van der Waals surface area contributed by atoms with Gasteiger partial charge in [-0.3, -0.25) is 0 Å². The van der Waals surface area contributed by atoms with Crippen molar-refractivity contribution >= 4 is 11.7 Å². The molecule has 0 aromatic heterocycles. The van der Waals surface area contributed by atoms with Crippen LogP contribution >= 0.6 is 0 Å². The van der Waals surface area contributed by atoms with Crippen molar-refractivity contribution in [3.63, 3.8) is 0 Å². The molecule has 4 nitrogen and oxygen atoms in total. The Kier molecular flexibility index (Phi) is 5.05. The maximum atomic E-state index is 11.4. The highest BCUT2D eigenvalue weighted by Gasteiger charge is 2.09. The summed E-state index contributed by atoms with van der Waals surface area (Å²) in [5.41, 5.74) is 7.20. The number of nitrogens with one attached hydrogen (secondary N) is 1. The molecule has 0 radical (unpaired) electrons. The third kappa shape index (κ3) is 3.82. The van der Waals surface area contributed by atoms with Crippen molar-refractivity contribution in [2.45, 2.75) is 6.42 Å². The number of nitrogens with two attached hydrogens (primary N) is 1. The predicted molar refractivity (Wildman–Crippen MR) is 67.6 cm³/mol. The average Bonchev–Trinajstić information content (AvgIpc) is 2.35. The van der Waals surface area contributed by atoms with Crippen LogP contribution in [-0.2, 0) is 4.74 Å². The number of hydrogen-bond acceptors (Lipinski definition) is 4. The number of esters is 1. The van der Waals surface area contributed by atoms with Gasteiger partial charge in [-0.25, -0.2) is 4.79 Å². The molecule has 0 bridgehead atoms. The fourth-order valence-corrected chi connectivity index (χ4v) is 1.27. The lowest BCUT2D eigenvalue weighted by Crippen LogP contribution is -2.06. The minimum atomic E-state index is -0.443. The Labute approximate surface area is 101 Å². The zero-order chi connectivity index (χ0) is 12.7. The molecule has 4 heteroatoms. The van der Waals surface area contributed by atoms with Gasteiger partial charge < -0.3 is 15.8 Å². The van der Waals surface area contributed by atoms with Crippen LogP contribution in [0.1, 0.15) is 22.3 Å². The molecule has 0 aliphatic heterocycles. The normalized spacial score (nSPS) is 9.29. The zero-order valence-corrected chi connectivity index (χ0v) is 10.0. The topological polar surface area (TPSA) is 64.3 Å². The van der Waals surface area contributed by atoms with E-state index in [1.54, 1.807) is 18.2 Å². The number of ether oxygens (including phenoxy) is 1. The van der Waals surface area contributed by atoms with E-state index in [9.17, 15) is 4.79 Å². The summed E-state index contributed by atoms with van der Waals surface area (Å²) in [5.74, 6) is 5.53. The van der Waals surface area contributed by atoms with E-state index in [1.807, 2.05) is 7.05 Å². The van der Waals surface area contributed by atoms with Crippen molar-refractivity contribution < 1.29 is 9.53 Å². The number of rotatable bonds is 3. The van der Waals surface area contributed by atoms with Crippen LogP contribution in [0.2, 0.25) is 0 Å². The third-order valence-corrected chi connectivity index (χ3v) is 2.19. The summed E-state index contributed by atoms with van der Waals surface area (Å²) in [5, 5.41) is 3.01. The van der Waals surface area contributed by atoms with Crippen LogP contribution in [0.15, 0.2) is 18.2 Å². The van der Waals surface area contributed by atoms with E-state index in [0.717, 1.165) is 18.5 Å². The Hall–Kier alpha value is -1.99. The molecule has 90 valence electrons. The lowest BCUT2D eigenvalue weighted by atomic mass is 10.1. The number of carbonyl (C=O) groups excluding carboxylic acids is 1. The van der Waals surface area contributed by atoms with E-state index in [0.29, 0.717) is 11.3 Å². The molecule has 0 aliphatic rings. The average molecular weight is 232 g/mol. The highest BCUT2D eigenvalue weighted by atomic mass is 16.5. The van der Waals surface area contributed by atoms with Crippen LogP contribution in [-0.4, -0.2) is 26.7 Å². The molecule has 0 amide bonds. The molecule has 0 fully saturated rings. The monoisotopic (exact) mass is 232 g/mol. The highest BCUT2D eigenvalue weighted by molar-refractivity contribution is 5.95. The maximum Gasteiger partial charge on any atom is 0.339 e. The highest BCUT2D eigenvalue weighted by Crippen LogP contribution is 2.14. The SMILES string of the molecule is CNCCC#Cc1ccc(N)c(C(=O)OC)c1. The van der Waals surface area contributed by atoms with E-state index in [4.69, 9.17) is 5.73 Å². The van der Waals surface area contributed by atoms with Crippen LogP contribution in [0.25, 0.3) is 0 Å². The first-order valence-corrected chi connectivity index (χ1v) is 5.30. The van der Waals surface area contributed by atoms with Crippen LogP contribution < -0.4 is 11.1 Å². The number of carbonyl (C=O) groups is 1. The molecule has 0 atom stereocenters.